The molecule has 0 spiro atoms. The van der Waals surface area contributed by atoms with Gasteiger partial charge in [0.2, 0.25) is 5.88 Å². The highest BCUT2D eigenvalue weighted by molar-refractivity contribution is 9.10. The number of halogens is 1. The summed E-state index contributed by atoms with van der Waals surface area (Å²) in [4.78, 5) is 21.9. The number of H-pyrrole nitrogens is 1. The van der Waals surface area contributed by atoms with Crippen LogP contribution < -0.4 is 4.74 Å². The minimum atomic E-state index is -0.0168. The number of fused-ring (bicyclic) bond motifs is 1. The molecule has 1 fully saturated rings. The first kappa shape index (κ1) is 15.2. The average Bonchev–Trinajstić information content (AvgIpc) is 3.24. The number of carbonyl (C=O) groups is 1. The summed E-state index contributed by atoms with van der Waals surface area (Å²) in [5.74, 6) is 0.631. The number of pyridine rings is 1. The summed E-state index contributed by atoms with van der Waals surface area (Å²) in [6, 6.07) is 11.5. The van der Waals surface area contributed by atoms with Crippen LogP contribution >= 0.6 is 15.9 Å². The number of benzene rings is 1. The van der Waals surface area contributed by atoms with Gasteiger partial charge in [0.05, 0.1) is 6.54 Å². The number of nitrogens with zero attached hydrogens (tertiary/aromatic N) is 2. The number of ether oxygens (including phenoxy) is 1. The summed E-state index contributed by atoms with van der Waals surface area (Å²) in [6.07, 6.45) is 4.38. The molecule has 24 heavy (non-hydrogen) atoms. The summed E-state index contributed by atoms with van der Waals surface area (Å²) in [6.45, 7) is 1.28. The number of rotatable bonds is 3. The lowest BCUT2D eigenvalue weighted by Crippen LogP contribution is -2.31. The summed E-state index contributed by atoms with van der Waals surface area (Å²) >= 11 is 3.35. The first-order valence-electron chi connectivity index (χ1n) is 7.84. The van der Waals surface area contributed by atoms with Crippen LogP contribution in [0.15, 0.2) is 53.3 Å². The zero-order chi connectivity index (χ0) is 16.5. The molecule has 2 aromatic heterocycles. The predicted octanol–water partition coefficient (Wildman–Crippen LogP) is 3.62. The lowest BCUT2D eigenvalue weighted by atomic mass is 10.1. The largest absolute Gasteiger partial charge is 0.472 e. The maximum Gasteiger partial charge on any atom is 0.254 e. The third-order valence-corrected chi connectivity index (χ3v) is 4.69. The van der Waals surface area contributed by atoms with Crippen molar-refractivity contribution in [3.8, 4) is 5.88 Å². The summed E-state index contributed by atoms with van der Waals surface area (Å²) in [5, 5.41) is 1.11. The van der Waals surface area contributed by atoms with Crippen LogP contribution in [-0.2, 0) is 0 Å². The number of amides is 1. The Morgan fingerprint density at radius 2 is 2.21 bits per heavy atom. The third-order valence-electron chi connectivity index (χ3n) is 4.22. The monoisotopic (exact) mass is 385 g/mol. The second kappa shape index (κ2) is 6.28. The number of likely N-dealkylation sites (tertiary alicyclic amines) is 1. The Morgan fingerprint density at radius 1 is 1.29 bits per heavy atom. The molecule has 4 rings (SSSR count). The number of hydrogen-bond acceptors (Lipinski definition) is 3. The first-order chi connectivity index (χ1) is 11.7. The Bertz CT molecular complexity index is 875. The van der Waals surface area contributed by atoms with Crippen LogP contribution in [0, 0.1) is 0 Å². The van der Waals surface area contributed by atoms with E-state index in [9.17, 15) is 4.79 Å². The second-order valence-electron chi connectivity index (χ2n) is 5.87. The summed E-state index contributed by atoms with van der Waals surface area (Å²) < 4.78 is 6.79. The Morgan fingerprint density at radius 3 is 3.04 bits per heavy atom. The number of nitrogens with one attached hydrogen (secondary N) is 1. The van der Waals surface area contributed by atoms with Gasteiger partial charge in [-0.3, -0.25) is 4.79 Å². The van der Waals surface area contributed by atoms with E-state index < -0.39 is 0 Å². The van der Waals surface area contributed by atoms with Gasteiger partial charge in [0.15, 0.2) is 0 Å². The van der Waals surface area contributed by atoms with Crippen LogP contribution in [0.4, 0.5) is 0 Å². The number of aromatic amines is 1. The Balaban J connectivity index is 1.43. The first-order valence-corrected chi connectivity index (χ1v) is 8.63. The van der Waals surface area contributed by atoms with E-state index in [0.29, 0.717) is 24.5 Å². The zero-order valence-electron chi connectivity index (χ0n) is 12.9. The van der Waals surface area contributed by atoms with E-state index in [1.807, 2.05) is 47.5 Å². The molecule has 3 heterocycles. The van der Waals surface area contributed by atoms with Crippen LogP contribution in [-0.4, -0.2) is 40.0 Å². The highest BCUT2D eigenvalue weighted by Gasteiger charge is 2.28. The molecule has 0 aliphatic carbocycles. The predicted molar refractivity (Wildman–Crippen MR) is 95.2 cm³/mol. The van der Waals surface area contributed by atoms with E-state index >= 15 is 0 Å². The van der Waals surface area contributed by atoms with E-state index in [-0.39, 0.29) is 12.0 Å². The molecule has 1 atom stereocenters. The van der Waals surface area contributed by atoms with Crippen molar-refractivity contribution in [2.75, 3.05) is 13.1 Å². The Hall–Kier alpha value is -2.34. The van der Waals surface area contributed by atoms with Crippen molar-refractivity contribution in [3.63, 3.8) is 0 Å². The molecule has 5 nitrogen and oxygen atoms in total. The Kier molecular flexibility index (Phi) is 3.98. The molecule has 0 radical (unpaired) electrons. The van der Waals surface area contributed by atoms with Gasteiger partial charge in [0.25, 0.3) is 5.91 Å². The molecular weight excluding hydrogens is 370 g/mol. The molecule has 0 saturated carbocycles. The highest BCUT2D eigenvalue weighted by Crippen LogP contribution is 2.21. The second-order valence-corrected chi connectivity index (χ2v) is 6.79. The molecule has 3 aromatic rings. The number of hydrogen-bond donors (Lipinski definition) is 1. The van der Waals surface area contributed by atoms with Gasteiger partial charge < -0.3 is 14.6 Å². The molecule has 1 aliphatic rings. The molecule has 6 heteroatoms. The van der Waals surface area contributed by atoms with Gasteiger partial charge in [-0.05, 0) is 45.6 Å². The van der Waals surface area contributed by atoms with Crippen LogP contribution in [0.1, 0.15) is 16.8 Å². The highest BCUT2D eigenvalue weighted by atomic mass is 79.9. The zero-order valence-corrected chi connectivity index (χ0v) is 14.5. The SMILES string of the molecule is O=C(c1ccc2cc[nH]c2c1)N1CCC(Oc2ccc(Br)cn2)C1. The average molecular weight is 386 g/mol. The van der Waals surface area contributed by atoms with E-state index in [4.69, 9.17) is 4.74 Å². The molecule has 1 amide bonds. The minimum Gasteiger partial charge on any atom is -0.472 e. The molecule has 1 aromatic carbocycles. The molecule has 1 unspecified atom stereocenters. The maximum atomic E-state index is 12.7. The maximum absolute atomic E-state index is 12.7. The molecule has 1 aliphatic heterocycles. The van der Waals surface area contributed by atoms with Gasteiger partial charge in [-0.1, -0.05) is 6.07 Å². The van der Waals surface area contributed by atoms with Crippen molar-refractivity contribution < 1.29 is 9.53 Å². The smallest absolute Gasteiger partial charge is 0.254 e. The fourth-order valence-corrected chi connectivity index (χ4v) is 3.21. The van der Waals surface area contributed by atoms with Crippen LogP contribution in [0.5, 0.6) is 5.88 Å². The molecular formula is C18H16BrN3O2. The fraction of sp³-hybridized carbons (Fsp3) is 0.222. The van der Waals surface area contributed by atoms with Gasteiger partial charge in [0.1, 0.15) is 6.10 Å². The standard InChI is InChI=1S/C18H16BrN3O2/c19-14-3-4-17(21-10-14)24-15-6-8-22(11-15)18(23)13-2-1-12-5-7-20-16(12)9-13/h1-5,7,9-10,15,20H,6,8,11H2. The Labute approximate surface area is 147 Å². The van der Waals surface area contributed by atoms with Crippen molar-refractivity contribution in [2.45, 2.75) is 12.5 Å². The van der Waals surface area contributed by atoms with Crippen molar-refractivity contribution in [1.82, 2.24) is 14.9 Å². The molecule has 1 saturated heterocycles. The van der Waals surface area contributed by atoms with E-state index in [0.717, 1.165) is 21.8 Å². The van der Waals surface area contributed by atoms with E-state index in [1.54, 1.807) is 6.20 Å². The van der Waals surface area contributed by atoms with Crippen LogP contribution in [0.2, 0.25) is 0 Å². The van der Waals surface area contributed by atoms with Crippen molar-refractivity contribution >= 4 is 32.7 Å². The summed E-state index contributed by atoms with van der Waals surface area (Å²) in [5.41, 5.74) is 1.68. The molecule has 1 N–H and O–H groups in total. The lowest BCUT2D eigenvalue weighted by molar-refractivity contribution is 0.0771. The van der Waals surface area contributed by atoms with Gasteiger partial charge in [-0.25, -0.2) is 4.98 Å². The van der Waals surface area contributed by atoms with Crippen LogP contribution in [0.25, 0.3) is 10.9 Å². The van der Waals surface area contributed by atoms with E-state index in [1.165, 1.54) is 0 Å². The lowest BCUT2D eigenvalue weighted by Gasteiger charge is -2.17. The number of aromatic nitrogens is 2. The minimum absolute atomic E-state index is 0.0168. The van der Waals surface area contributed by atoms with E-state index in [2.05, 4.69) is 25.9 Å². The normalized spacial score (nSPS) is 17.4. The van der Waals surface area contributed by atoms with Crippen molar-refractivity contribution in [3.05, 3.63) is 58.8 Å². The van der Waals surface area contributed by atoms with Gasteiger partial charge in [-0.2, -0.15) is 0 Å². The van der Waals surface area contributed by atoms with Gasteiger partial charge in [-0.15, -0.1) is 0 Å². The van der Waals surface area contributed by atoms with Crippen molar-refractivity contribution in [2.24, 2.45) is 0 Å². The molecule has 0 bridgehead atoms. The summed E-state index contributed by atoms with van der Waals surface area (Å²) in [7, 11) is 0. The van der Waals surface area contributed by atoms with Gasteiger partial charge in [0, 0.05) is 47.0 Å². The number of carbonyl (C=O) groups excluding carboxylic acids is 1. The quantitative estimate of drug-likeness (QED) is 0.748. The molecule has 122 valence electrons. The van der Waals surface area contributed by atoms with Gasteiger partial charge >= 0.3 is 0 Å². The fourth-order valence-electron chi connectivity index (χ4n) is 2.98. The van der Waals surface area contributed by atoms with Crippen LogP contribution in [0.3, 0.4) is 0 Å². The van der Waals surface area contributed by atoms with Crippen molar-refractivity contribution in [1.29, 1.82) is 0 Å². The topological polar surface area (TPSA) is 58.2 Å². The third kappa shape index (κ3) is 3.01.